The van der Waals surface area contributed by atoms with Gasteiger partial charge in [-0.2, -0.15) is 10.2 Å². The highest BCUT2D eigenvalue weighted by Gasteiger charge is 2.07. The van der Waals surface area contributed by atoms with Crippen molar-refractivity contribution in [3.05, 3.63) is 17.0 Å². The van der Waals surface area contributed by atoms with Crippen LogP contribution >= 0.6 is 12.2 Å². The van der Waals surface area contributed by atoms with Crippen LogP contribution in [0.15, 0.2) is 12.3 Å². The first kappa shape index (κ1) is 8.18. The second-order valence-electron chi connectivity index (χ2n) is 2.79. The molecule has 0 amide bonds. The van der Waals surface area contributed by atoms with E-state index in [0.717, 1.165) is 11.5 Å². The summed E-state index contributed by atoms with van der Waals surface area (Å²) in [6.07, 6.45) is 1.87. The molecule has 68 valence electrons. The van der Waals surface area contributed by atoms with Crippen LogP contribution in [0.5, 0.6) is 0 Å². The molecule has 0 saturated heterocycles. The molecule has 6 heteroatoms. The summed E-state index contributed by atoms with van der Waals surface area (Å²) in [4.78, 5) is 0. The van der Waals surface area contributed by atoms with E-state index in [4.69, 9.17) is 12.2 Å². The molecule has 0 bridgehead atoms. The van der Waals surface area contributed by atoms with Crippen molar-refractivity contribution < 1.29 is 0 Å². The molecule has 0 saturated carbocycles. The fourth-order valence-corrected chi connectivity index (χ4v) is 1.24. The van der Waals surface area contributed by atoms with Gasteiger partial charge in [0.05, 0.1) is 0 Å². The van der Waals surface area contributed by atoms with Crippen LogP contribution < -0.4 is 0 Å². The molecule has 2 heterocycles. The van der Waals surface area contributed by atoms with Crippen LogP contribution in [-0.2, 0) is 14.1 Å². The van der Waals surface area contributed by atoms with Gasteiger partial charge in [-0.05, 0) is 18.3 Å². The summed E-state index contributed by atoms with van der Waals surface area (Å²) < 4.78 is 4.12. The van der Waals surface area contributed by atoms with Crippen molar-refractivity contribution >= 4 is 12.2 Å². The Balaban J connectivity index is 2.58. The molecule has 2 aromatic heterocycles. The molecule has 0 aromatic carbocycles. The number of rotatable bonds is 1. The van der Waals surface area contributed by atoms with Gasteiger partial charge in [0.1, 0.15) is 5.69 Å². The molecule has 0 spiro atoms. The predicted molar refractivity (Wildman–Crippen MR) is 50.6 cm³/mol. The molecule has 2 rings (SSSR count). The summed E-state index contributed by atoms with van der Waals surface area (Å²) in [6.45, 7) is 0. The Morgan fingerprint density at radius 2 is 2.23 bits per heavy atom. The van der Waals surface area contributed by atoms with Crippen LogP contribution in [0.3, 0.4) is 0 Å². The van der Waals surface area contributed by atoms with Crippen LogP contribution in [0, 0.1) is 4.77 Å². The van der Waals surface area contributed by atoms with Gasteiger partial charge in [-0.25, -0.2) is 0 Å². The van der Waals surface area contributed by atoms with Crippen LogP contribution in [-0.4, -0.2) is 24.5 Å². The van der Waals surface area contributed by atoms with Crippen LogP contribution in [0.25, 0.3) is 11.5 Å². The molecule has 0 radical (unpaired) electrons. The Kier molecular flexibility index (Phi) is 1.77. The molecular weight excluding hydrogens is 186 g/mol. The first-order valence-corrected chi connectivity index (χ1v) is 4.21. The third-order valence-electron chi connectivity index (χ3n) is 1.82. The lowest BCUT2D eigenvalue weighted by Gasteiger charge is -1.93. The van der Waals surface area contributed by atoms with E-state index in [2.05, 4.69) is 15.3 Å². The molecule has 0 aliphatic heterocycles. The Hall–Kier alpha value is -1.43. The van der Waals surface area contributed by atoms with Crippen molar-refractivity contribution in [1.82, 2.24) is 24.5 Å². The fraction of sp³-hybridized carbons (Fsp3) is 0.286. The molecular formula is C7H9N5S. The van der Waals surface area contributed by atoms with E-state index in [-0.39, 0.29) is 0 Å². The zero-order valence-corrected chi connectivity index (χ0v) is 8.17. The van der Waals surface area contributed by atoms with Crippen LogP contribution in [0.4, 0.5) is 0 Å². The van der Waals surface area contributed by atoms with Crippen molar-refractivity contribution in [2.45, 2.75) is 0 Å². The topological polar surface area (TPSA) is 51.4 Å². The third kappa shape index (κ3) is 1.29. The lowest BCUT2D eigenvalue weighted by Crippen LogP contribution is -1.94. The van der Waals surface area contributed by atoms with E-state index in [9.17, 15) is 0 Å². The van der Waals surface area contributed by atoms with E-state index >= 15 is 0 Å². The maximum absolute atomic E-state index is 4.99. The van der Waals surface area contributed by atoms with Crippen LogP contribution in [0.2, 0.25) is 0 Å². The molecule has 13 heavy (non-hydrogen) atoms. The molecule has 2 aromatic rings. The smallest absolute Gasteiger partial charge is 0.195 e. The number of aryl methyl sites for hydroxylation is 1. The number of hydrogen-bond acceptors (Lipinski definition) is 3. The van der Waals surface area contributed by atoms with Crippen molar-refractivity contribution in [1.29, 1.82) is 0 Å². The maximum Gasteiger partial charge on any atom is 0.195 e. The monoisotopic (exact) mass is 195 g/mol. The molecule has 0 aliphatic carbocycles. The van der Waals surface area contributed by atoms with Gasteiger partial charge in [0.15, 0.2) is 10.6 Å². The summed E-state index contributed by atoms with van der Waals surface area (Å²) in [7, 11) is 3.72. The van der Waals surface area contributed by atoms with E-state index in [1.54, 1.807) is 9.25 Å². The Morgan fingerprint density at radius 1 is 1.46 bits per heavy atom. The zero-order valence-electron chi connectivity index (χ0n) is 7.35. The summed E-state index contributed by atoms with van der Waals surface area (Å²) >= 11 is 4.99. The first-order chi connectivity index (χ1) is 6.18. The lowest BCUT2D eigenvalue weighted by atomic mass is 10.4. The largest absolute Gasteiger partial charge is 0.302 e. The number of H-pyrrole nitrogens is 1. The molecule has 0 fully saturated rings. The van der Waals surface area contributed by atoms with Gasteiger partial charge in [-0.15, -0.1) is 0 Å². The second-order valence-corrected chi connectivity index (χ2v) is 3.17. The van der Waals surface area contributed by atoms with E-state index in [1.165, 1.54) is 0 Å². The number of aromatic nitrogens is 5. The van der Waals surface area contributed by atoms with Gasteiger partial charge in [0.2, 0.25) is 0 Å². The highest BCUT2D eigenvalue weighted by atomic mass is 32.1. The normalized spacial score (nSPS) is 10.6. The number of nitrogens with one attached hydrogen (secondary N) is 1. The quantitative estimate of drug-likeness (QED) is 0.687. The average molecular weight is 195 g/mol. The molecule has 0 unspecified atom stereocenters. The molecule has 5 nitrogen and oxygen atoms in total. The summed E-state index contributed by atoms with van der Waals surface area (Å²) in [5, 5.41) is 11.0. The maximum atomic E-state index is 4.99. The second kappa shape index (κ2) is 2.81. The van der Waals surface area contributed by atoms with Gasteiger partial charge in [0.25, 0.3) is 0 Å². The zero-order chi connectivity index (χ0) is 9.42. The number of aromatic amines is 1. The summed E-state index contributed by atoms with van der Waals surface area (Å²) in [5.41, 5.74) is 0.817. The van der Waals surface area contributed by atoms with E-state index < -0.39 is 0 Å². The predicted octanol–water partition coefficient (Wildman–Crippen LogP) is 0.878. The Labute approximate surface area is 80.0 Å². The Bertz CT molecular complexity index is 477. The third-order valence-corrected chi connectivity index (χ3v) is 2.19. The van der Waals surface area contributed by atoms with Crippen LogP contribution in [0.1, 0.15) is 0 Å². The van der Waals surface area contributed by atoms with Gasteiger partial charge in [-0.3, -0.25) is 9.78 Å². The molecule has 0 aliphatic rings. The van der Waals surface area contributed by atoms with E-state index in [1.807, 2.05) is 26.4 Å². The number of hydrogen-bond donors (Lipinski definition) is 1. The van der Waals surface area contributed by atoms with E-state index in [0.29, 0.717) is 4.77 Å². The average Bonchev–Trinajstić information content (AvgIpc) is 2.62. The van der Waals surface area contributed by atoms with Crippen molar-refractivity contribution in [3.8, 4) is 11.5 Å². The first-order valence-electron chi connectivity index (χ1n) is 3.80. The minimum absolute atomic E-state index is 0.598. The fourth-order valence-electron chi connectivity index (χ4n) is 1.11. The van der Waals surface area contributed by atoms with Crippen molar-refractivity contribution in [3.63, 3.8) is 0 Å². The summed E-state index contributed by atoms with van der Waals surface area (Å²) in [6, 6.07) is 1.89. The Morgan fingerprint density at radius 3 is 2.69 bits per heavy atom. The number of nitrogens with zero attached hydrogens (tertiary/aromatic N) is 4. The standard InChI is InChI=1S/C7H9N5S/c1-11-4-3-5(10-11)6-8-9-7(13)12(6)2/h3-4H,1-2H3,(H,9,13). The van der Waals surface area contributed by atoms with Crippen molar-refractivity contribution in [2.75, 3.05) is 0 Å². The highest BCUT2D eigenvalue weighted by molar-refractivity contribution is 7.71. The lowest BCUT2D eigenvalue weighted by molar-refractivity contribution is 0.765. The SMILES string of the molecule is Cn1ccc(-c2n[nH]c(=S)n2C)n1. The minimum Gasteiger partial charge on any atom is -0.302 e. The minimum atomic E-state index is 0.598. The van der Waals surface area contributed by atoms with Crippen molar-refractivity contribution in [2.24, 2.45) is 14.1 Å². The summed E-state index contributed by atoms with van der Waals surface area (Å²) in [5.74, 6) is 0.755. The molecule has 0 atom stereocenters. The van der Waals surface area contributed by atoms with Gasteiger partial charge in [-0.1, -0.05) is 0 Å². The molecule has 1 N–H and O–H groups in total. The van der Waals surface area contributed by atoms with Gasteiger partial charge < -0.3 is 4.57 Å². The van der Waals surface area contributed by atoms with Gasteiger partial charge in [0, 0.05) is 20.3 Å². The van der Waals surface area contributed by atoms with Gasteiger partial charge >= 0.3 is 0 Å². The highest BCUT2D eigenvalue weighted by Crippen LogP contribution is 2.11.